The van der Waals surface area contributed by atoms with Crippen molar-refractivity contribution in [2.45, 2.75) is 13.3 Å². The third-order valence-corrected chi connectivity index (χ3v) is 3.24. The zero-order valence-electron chi connectivity index (χ0n) is 10.6. The van der Waals surface area contributed by atoms with Crippen LogP contribution >= 0.6 is 0 Å². The summed E-state index contributed by atoms with van der Waals surface area (Å²) in [5, 5.41) is 0. The van der Waals surface area contributed by atoms with Crippen molar-refractivity contribution in [1.82, 2.24) is 0 Å². The summed E-state index contributed by atoms with van der Waals surface area (Å²) in [6.07, 6.45) is 0.624. The number of benzene rings is 1. The molecular formula is C12H18O5S. The summed E-state index contributed by atoms with van der Waals surface area (Å²) in [5.41, 5.74) is 1.03. The fourth-order valence-electron chi connectivity index (χ4n) is 1.39. The van der Waals surface area contributed by atoms with Crippen molar-refractivity contribution < 1.29 is 22.1 Å². The van der Waals surface area contributed by atoms with Crippen molar-refractivity contribution in [3.8, 4) is 5.75 Å². The number of hydrogen-bond donors (Lipinski definition) is 0. The van der Waals surface area contributed by atoms with Gasteiger partial charge in [0.15, 0.2) is 5.94 Å². The van der Waals surface area contributed by atoms with Crippen LogP contribution < -0.4 is 4.74 Å². The van der Waals surface area contributed by atoms with Gasteiger partial charge in [0.2, 0.25) is 0 Å². The molecule has 0 aliphatic carbocycles. The predicted octanol–water partition coefficient (Wildman–Crippen LogP) is 1.58. The van der Waals surface area contributed by atoms with Gasteiger partial charge in [-0.25, -0.2) is 0 Å². The van der Waals surface area contributed by atoms with E-state index < -0.39 is 16.1 Å². The van der Waals surface area contributed by atoms with Gasteiger partial charge in [-0.2, -0.15) is 8.42 Å². The zero-order chi connectivity index (χ0) is 13.4. The first-order valence-corrected chi connectivity index (χ1v) is 7.23. The molecule has 18 heavy (non-hydrogen) atoms. The third kappa shape index (κ3) is 5.48. The first-order valence-electron chi connectivity index (χ1n) is 5.65. The smallest absolute Gasteiger partial charge is 0.291 e. The second-order valence-electron chi connectivity index (χ2n) is 3.59. The lowest BCUT2D eigenvalue weighted by atomic mass is 10.1. The molecule has 0 spiro atoms. The molecule has 0 saturated carbocycles. The van der Waals surface area contributed by atoms with Gasteiger partial charge >= 0.3 is 0 Å². The van der Waals surface area contributed by atoms with Crippen molar-refractivity contribution in [1.29, 1.82) is 0 Å². The van der Waals surface area contributed by atoms with E-state index in [2.05, 4.69) is 4.18 Å². The van der Waals surface area contributed by atoms with Crippen LogP contribution in [0.5, 0.6) is 5.75 Å². The predicted molar refractivity (Wildman–Crippen MR) is 68.1 cm³/mol. The SMILES string of the molecule is CCOS(=O)(=O)COCCc1cccc(OC)c1. The Morgan fingerprint density at radius 3 is 2.72 bits per heavy atom. The van der Waals surface area contributed by atoms with Gasteiger partial charge in [-0.05, 0) is 31.0 Å². The lowest BCUT2D eigenvalue weighted by Gasteiger charge is -2.06. The Morgan fingerprint density at radius 2 is 2.06 bits per heavy atom. The first kappa shape index (κ1) is 14.9. The average Bonchev–Trinajstić information content (AvgIpc) is 2.35. The van der Waals surface area contributed by atoms with Crippen LogP contribution in [0, 0.1) is 0 Å². The standard InChI is InChI=1S/C12H18O5S/c1-3-17-18(13,14)10-16-8-7-11-5-4-6-12(9-11)15-2/h4-6,9H,3,7-8,10H2,1-2H3. The van der Waals surface area contributed by atoms with Gasteiger partial charge in [0, 0.05) is 0 Å². The topological polar surface area (TPSA) is 61.8 Å². The average molecular weight is 274 g/mol. The van der Waals surface area contributed by atoms with Gasteiger partial charge in [0.1, 0.15) is 5.75 Å². The number of rotatable bonds is 8. The molecule has 0 N–H and O–H groups in total. The number of hydrogen-bond acceptors (Lipinski definition) is 5. The molecule has 0 radical (unpaired) electrons. The summed E-state index contributed by atoms with van der Waals surface area (Å²) >= 11 is 0. The van der Waals surface area contributed by atoms with Crippen LogP contribution in [-0.2, 0) is 25.5 Å². The van der Waals surface area contributed by atoms with E-state index >= 15 is 0 Å². The lowest BCUT2D eigenvalue weighted by Crippen LogP contribution is -2.14. The van der Waals surface area contributed by atoms with Gasteiger partial charge < -0.3 is 9.47 Å². The van der Waals surface area contributed by atoms with E-state index in [0.717, 1.165) is 11.3 Å². The summed E-state index contributed by atoms with van der Waals surface area (Å²) in [6, 6.07) is 7.55. The second-order valence-corrected chi connectivity index (χ2v) is 5.18. The largest absolute Gasteiger partial charge is 0.497 e. The van der Waals surface area contributed by atoms with Crippen LogP contribution in [0.15, 0.2) is 24.3 Å². The van der Waals surface area contributed by atoms with Gasteiger partial charge in [0.25, 0.3) is 10.1 Å². The monoisotopic (exact) mass is 274 g/mol. The summed E-state index contributed by atoms with van der Waals surface area (Å²) < 4.78 is 37.1. The van der Waals surface area contributed by atoms with Gasteiger partial charge in [-0.3, -0.25) is 4.18 Å². The summed E-state index contributed by atoms with van der Waals surface area (Å²) in [7, 11) is -1.94. The minimum Gasteiger partial charge on any atom is -0.497 e. The third-order valence-electron chi connectivity index (χ3n) is 2.19. The summed E-state index contributed by atoms with van der Waals surface area (Å²) in [5.74, 6) is 0.361. The van der Waals surface area contributed by atoms with E-state index in [-0.39, 0.29) is 6.61 Å². The fraction of sp³-hybridized carbons (Fsp3) is 0.500. The van der Waals surface area contributed by atoms with E-state index in [4.69, 9.17) is 9.47 Å². The summed E-state index contributed by atoms with van der Waals surface area (Å²) in [4.78, 5) is 0. The van der Waals surface area contributed by atoms with E-state index in [1.807, 2.05) is 24.3 Å². The van der Waals surface area contributed by atoms with Gasteiger partial charge in [0.05, 0.1) is 20.3 Å². The van der Waals surface area contributed by atoms with Crippen LogP contribution in [0.4, 0.5) is 0 Å². The van der Waals surface area contributed by atoms with Gasteiger partial charge in [-0.15, -0.1) is 0 Å². The molecule has 102 valence electrons. The molecule has 6 heteroatoms. The Balaban J connectivity index is 2.33. The summed E-state index contributed by atoms with van der Waals surface area (Å²) in [6.45, 7) is 2.06. The molecule has 0 unspecified atom stereocenters. The highest BCUT2D eigenvalue weighted by atomic mass is 32.2. The van der Waals surface area contributed by atoms with Crippen molar-refractivity contribution in [2.24, 2.45) is 0 Å². The molecule has 0 saturated heterocycles. The Kier molecular flexibility index (Phi) is 6.11. The molecule has 0 fully saturated rings. The normalized spacial score (nSPS) is 11.4. The van der Waals surface area contributed by atoms with Gasteiger partial charge in [-0.1, -0.05) is 12.1 Å². The number of ether oxygens (including phenoxy) is 2. The van der Waals surface area contributed by atoms with E-state index in [1.165, 1.54) is 0 Å². The molecule has 1 aromatic carbocycles. The van der Waals surface area contributed by atoms with Crippen molar-refractivity contribution in [2.75, 3.05) is 26.3 Å². The maximum atomic E-state index is 11.2. The second kappa shape index (κ2) is 7.35. The van der Waals surface area contributed by atoms with E-state index in [9.17, 15) is 8.42 Å². The highest BCUT2D eigenvalue weighted by Gasteiger charge is 2.09. The molecule has 1 rings (SSSR count). The zero-order valence-corrected chi connectivity index (χ0v) is 11.4. The van der Waals surface area contributed by atoms with Crippen LogP contribution in [-0.4, -0.2) is 34.7 Å². The van der Waals surface area contributed by atoms with Crippen LogP contribution in [0.25, 0.3) is 0 Å². The Bertz CT molecular complexity index is 455. The molecule has 1 aromatic rings. The van der Waals surface area contributed by atoms with Crippen molar-refractivity contribution in [3.05, 3.63) is 29.8 Å². The quantitative estimate of drug-likeness (QED) is 0.532. The van der Waals surface area contributed by atoms with Crippen molar-refractivity contribution in [3.63, 3.8) is 0 Å². The molecule has 0 aliphatic rings. The Labute approximate surface area is 108 Å². The molecular weight excluding hydrogens is 256 g/mol. The Hall–Kier alpha value is -1.11. The van der Waals surface area contributed by atoms with Crippen molar-refractivity contribution >= 4 is 10.1 Å². The maximum absolute atomic E-state index is 11.2. The lowest BCUT2D eigenvalue weighted by molar-refractivity contribution is 0.168. The molecule has 0 aliphatic heterocycles. The molecule has 0 aromatic heterocycles. The Morgan fingerprint density at radius 1 is 1.28 bits per heavy atom. The van der Waals surface area contributed by atoms with E-state index in [1.54, 1.807) is 14.0 Å². The highest BCUT2D eigenvalue weighted by Crippen LogP contribution is 2.12. The highest BCUT2D eigenvalue weighted by molar-refractivity contribution is 7.86. The van der Waals surface area contributed by atoms with Crippen LogP contribution in [0.3, 0.4) is 0 Å². The minimum absolute atomic E-state index is 0.127. The van der Waals surface area contributed by atoms with E-state index in [0.29, 0.717) is 13.0 Å². The van der Waals surface area contributed by atoms with Crippen LogP contribution in [0.2, 0.25) is 0 Å². The molecule has 0 bridgehead atoms. The molecule has 5 nitrogen and oxygen atoms in total. The first-order chi connectivity index (χ1) is 8.57. The maximum Gasteiger partial charge on any atom is 0.291 e. The van der Waals surface area contributed by atoms with Crippen LogP contribution in [0.1, 0.15) is 12.5 Å². The minimum atomic E-state index is -3.55. The fourth-order valence-corrected chi connectivity index (χ4v) is 2.14. The molecule has 0 amide bonds. The number of methoxy groups -OCH3 is 1. The molecule has 0 heterocycles. The molecule has 0 atom stereocenters.